The van der Waals surface area contributed by atoms with E-state index in [1.807, 2.05) is 25.6 Å². The van der Waals surface area contributed by atoms with Crippen molar-refractivity contribution in [1.82, 2.24) is 0 Å². The van der Waals surface area contributed by atoms with E-state index in [9.17, 15) is 4.79 Å². The van der Waals surface area contributed by atoms with Gasteiger partial charge in [0.05, 0.1) is 11.9 Å². The fourth-order valence-electron chi connectivity index (χ4n) is 1.74. The molecule has 0 aliphatic heterocycles. The molecule has 0 unspecified atom stereocenters. The highest BCUT2D eigenvalue weighted by atomic mass is 32.2. The van der Waals surface area contributed by atoms with Gasteiger partial charge in [0.2, 0.25) is 0 Å². The standard InChI is InChI=1S/C12H22O2S/c1-10(2)14-8-11(13)9-15-12-6-4-3-5-7-12/h10,12H,3-9H2,1-2H3. The Morgan fingerprint density at radius 2 is 2.00 bits per heavy atom. The number of carbonyl (C=O) groups excluding carboxylic acids is 1. The number of ketones is 1. The van der Waals surface area contributed by atoms with Crippen LogP contribution in [-0.2, 0) is 9.53 Å². The summed E-state index contributed by atoms with van der Waals surface area (Å²) in [6, 6.07) is 0. The van der Waals surface area contributed by atoms with Gasteiger partial charge in [-0.3, -0.25) is 4.79 Å². The smallest absolute Gasteiger partial charge is 0.168 e. The summed E-state index contributed by atoms with van der Waals surface area (Å²) in [4.78, 5) is 11.4. The molecule has 1 aliphatic carbocycles. The Hall–Kier alpha value is -0.0200. The average molecular weight is 230 g/mol. The molecule has 0 radical (unpaired) electrons. The van der Waals surface area contributed by atoms with Gasteiger partial charge in [-0.1, -0.05) is 19.3 Å². The highest BCUT2D eigenvalue weighted by molar-refractivity contribution is 8.00. The SMILES string of the molecule is CC(C)OCC(=O)CSC1CCCCC1. The van der Waals surface area contributed by atoms with E-state index in [4.69, 9.17) is 4.74 Å². The van der Waals surface area contributed by atoms with E-state index in [2.05, 4.69) is 0 Å². The molecule has 2 nitrogen and oxygen atoms in total. The summed E-state index contributed by atoms with van der Waals surface area (Å²) in [5.74, 6) is 0.872. The van der Waals surface area contributed by atoms with Crippen molar-refractivity contribution < 1.29 is 9.53 Å². The number of hydrogen-bond acceptors (Lipinski definition) is 3. The lowest BCUT2D eigenvalue weighted by molar-refractivity contribution is -0.122. The molecule has 1 rings (SSSR count). The van der Waals surface area contributed by atoms with Crippen molar-refractivity contribution in [2.75, 3.05) is 12.4 Å². The summed E-state index contributed by atoms with van der Waals surface area (Å²) in [6.45, 7) is 4.21. The third-order valence-electron chi connectivity index (χ3n) is 2.61. The molecular weight excluding hydrogens is 208 g/mol. The van der Waals surface area contributed by atoms with Crippen molar-refractivity contribution in [1.29, 1.82) is 0 Å². The molecule has 0 atom stereocenters. The number of Topliss-reactive ketones (excluding diaryl/α,β-unsaturated/α-hetero) is 1. The van der Waals surface area contributed by atoms with Crippen LogP contribution >= 0.6 is 11.8 Å². The summed E-state index contributed by atoms with van der Waals surface area (Å²) in [6.07, 6.45) is 6.81. The molecule has 1 saturated carbocycles. The Labute approximate surface area is 97.1 Å². The van der Waals surface area contributed by atoms with E-state index in [0.717, 1.165) is 5.25 Å². The summed E-state index contributed by atoms with van der Waals surface area (Å²) in [7, 11) is 0. The quantitative estimate of drug-likeness (QED) is 0.701. The van der Waals surface area contributed by atoms with Gasteiger partial charge >= 0.3 is 0 Å². The molecule has 0 aromatic heterocycles. The van der Waals surface area contributed by atoms with Crippen LogP contribution in [0.25, 0.3) is 0 Å². The topological polar surface area (TPSA) is 26.3 Å². The van der Waals surface area contributed by atoms with Crippen molar-refractivity contribution in [2.24, 2.45) is 0 Å². The lowest BCUT2D eigenvalue weighted by Gasteiger charge is -2.20. The second-order valence-electron chi connectivity index (χ2n) is 4.47. The summed E-state index contributed by atoms with van der Waals surface area (Å²) < 4.78 is 5.28. The van der Waals surface area contributed by atoms with Gasteiger partial charge in [-0.25, -0.2) is 0 Å². The van der Waals surface area contributed by atoms with Gasteiger partial charge in [0, 0.05) is 5.25 Å². The van der Waals surface area contributed by atoms with E-state index in [1.54, 1.807) is 0 Å². The van der Waals surface area contributed by atoms with Crippen molar-refractivity contribution in [3.8, 4) is 0 Å². The first-order chi connectivity index (χ1) is 7.18. The highest BCUT2D eigenvalue weighted by Crippen LogP contribution is 2.27. The molecule has 1 aliphatic rings. The molecule has 0 saturated heterocycles. The Bertz CT molecular complexity index is 186. The predicted octanol–water partition coefficient (Wildman–Crippen LogP) is 3.05. The Morgan fingerprint density at radius 3 is 2.60 bits per heavy atom. The van der Waals surface area contributed by atoms with Gasteiger partial charge in [0.25, 0.3) is 0 Å². The van der Waals surface area contributed by atoms with Crippen LogP contribution in [0.2, 0.25) is 0 Å². The van der Waals surface area contributed by atoms with Gasteiger partial charge in [-0.2, -0.15) is 11.8 Å². The maximum absolute atomic E-state index is 11.4. The van der Waals surface area contributed by atoms with E-state index in [-0.39, 0.29) is 18.5 Å². The largest absolute Gasteiger partial charge is 0.371 e. The highest BCUT2D eigenvalue weighted by Gasteiger charge is 2.15. The molecule has 88 valence electrons. The van der Waals surface area contributed by atoms with Crippen LogP contribution in [0.4, 0.5) is 0 Å². The number of ether oxygens (including phenoxy) is 1. The van der Waals surface area contributed by atoms with E-state index < -0.39 is 0 Å². The molecule has 0 spiro atoms. The average Bonchev–Trinajstić information content (AvgIpc) is 2.25. The monoisotopic (exact) mass is 230 g/mol. The van der Waals surface area contributed by atoms with Crippen molar-refractivity contribution in [3.63, 3.8) is 0 Å². The van der Waals surface area contributed by atoms with Gasteiger partial charge in [0.1, 0.15) is 6.61 Å². The minimum absolute atomic E-state index is 0.161. The minimum Gasteiger partial charge on any atom is -0.371 e. The zero-order valence-electron chi connectivity index (χ0n) is 9.83. The fraction of sp³-hybridized carbons (Fsp3) is 0.917. The zero-order valence-corrected chi connectivity index (χ0v) is 10.6. The van der Waals surface area contributed by atoms with Crippen molar-refractivity contribution in [3.05, 3.63) is 0 Å². The molecule has 1 fully saturated rings. The molecule has 3 heteroatoms. The summed E-state index contributed by atoms with van der Waals surface area (Å²) in [5, 5.41) is 0.724. The first-order valence-electron chi connectivity index (χ1n) is 5.93. The van der Waals surface area contributed by atoms with E-state index in [1.165, 1.54) is 32.1 Å². The zero-order chi connectivity index (χ0) is 11.1. The minimum atomic E-state index is 0.161. The summed E-state index contributed by atoms with van der Waals surface area (Å²) >= 11 is 1.83. The maximum Gasteiger partial charge on any atom is 0.168 e. The first kappa shape index (κ1) is 13.0. The Morgan fingerprint density at radius 1 is 1.33 bits per heavy atom. The molecule has 0 bridgehead atoms. The van der Waals surface area contributed by atoms with Crippen LogP contribution in [0.15, 0.2) is 0 Å². The maximum atomic E-state index is 11.4. The van der Waals surface area contributed by atoms with Crippen LogP contribution < -0.4 is 0 Å². The third kappa shape index (κ3) is 6.21. The molecule has 0 N–H and O–H groups in total. The predicted molar refractivity (Wildman–Crippen MR) is 65.4 cm³/mol. The Kier molecular flexibility index (Phi) is 6.34. The van der Waals surface area contributed by atoms with Crippen LogP contribution in [0.5, 0.6) is 0 Å². The van der Waals surface area contributed by atoms with Crippen LogP contribution in [0, 0.1) is 0 Å². The second kappa shape index (κ2) is 7.29. The van der Waals surface area contributed by atoms with E-state index >= 15 is 0 Å². The lowest BCUT2D eigenvalue weighted by atomic mass is 10.0. The van der Waals surface area contributed by atoms with Gasteiger partial charge < -0.3 is 4.74 Å². The number of rotatable bonds is 6. The van der Waals surface area contributed by atoms with Gasteiger partial charge in [-0.05, 0) is 26.7 Å². The molecule has 0 aromatic carbocycles. The van der Waals surface area contributed by atoms with Gasteiger partial charge in [-0.15, -0.1) is 0 Å². The van der Waals surface area contributed by atoms with E-state index in [0.29, 0.717) is 5.75 Å². The molecule has 0 aromatic rings. The van der Waals surface area contributed by atoms with Gasteiger partial charge in [0.15, 0.2) is 5.78 Å². The van der Waals surface area contributed by atoms with Crippen LogP contribution in [-0.4, -0.2) is 29.5 Å². The Balaban J connectivity index is 2.05. The van der Waals surface area contributed by atoms with Crippen molar-refractivity contribution in [2.45, 2.75) is 57.3 Å². The number of hydrogen-bond donors (Lipinski definition) is 0. The molecule has 0 heterocycles. The number of thioether (sulfide) groups is 1. The second-order valence-corrected chi connectivity index (χ2v) is 5.76. The number of carbonyl (C=O) groups is 1. The lowest BCUT2D eigenvalue weighted by Crippen LogP contribution is -2.17. The van der Waals surface area contributed by atoms with Crippen LogP contribution in [0.3, 0.4) is 0 Å². The van der Waals surface area contributed by atoms with Crippen LogP contribution in [0.1, 0.15) is 46.0 Å². The van der Waals surface area contributed by atoms with Crippen molar-refractivity contribution >= 4 is 17.5 Å². The fourth-order valence-corrected chi connectivity index (χ4v) is 2.92. The molecule has 0 amide bonds. The molecular formula is C12H22O2S. The summed E-state index contributed by atoms with van der Waals surface area (Å²) in [5.41, 5.74) is 0. The molecule has 15 heavy (non-hydrogen) atoms. The third-order valence-corrected chi connectivity index (χ3v) is 4.04. The normalized spacial score (nSPS) is 18.3. The first-order valence-corrected chi connectivity index (χ1v) is 6.98.